The first-order chi connectivity index (χ1) is 8.71. The molecule has 1 aliphatic carbocycles. The maximum Gasteiger partial charge on any atom is 0.127 e. The number of H-pyrrole nitrogens is 1. The molecule has 2 aromatic rings. The number of hydrogen-bond donors (Lipinski definition) is 2. The smallest absolute Gasteiger partial charge is 0.127 e. The summed E-state index contributed by atoms with van der Waals surface area (Å²) in [5, 5.41) is 0. The molecule has 0 amide bonds. The second-order valence-electron chi connectivity index (χ2n) is 5.51. The molecule has 0 bridgehead atoms. The van der Waals surface area contributed by atoms with Crippen LogP contribution in [0.15, 0.2) is 18.2 Å². The highest BCUT2D eigenvalue weighted by Crippen LogP contribution is 2.34. The predicted octanol–water partition coefficient (Wildman–Crippen LogP) is 3.24. The van der Waals surface area contributed by atoms with Crippen molar-refractivity contribution in [2.75, 3.05) is 0 Å². The Morgan fingerprint density at radius 1 is 1.28 bits per heavy atom. The van der Waals surface area contributed by atoms with E-state index < -0.39 is 0 Å². The molecule has 1 aliphatic rings. The minimum atomic E-state index is -0.232. The third-order valence-electron chi connectivity index (χ3n) is 4.17. The van der Waals surface area contributed by atoms with Gasteiger partial charge in [0, 0.05) is 0 Å². The lowest BCUT2D eigenvalue weighted by molar-refractivity contribution is 0.289. The van der Waals surface area contributed by atoms with Crippen LogP contribution in [0, 0.1) is 0 Å². The molecule has 96 valence electrons. The van der Waals surface area contributed by atoms with Gasteiger partial charge in [-0.25, -0.2) is 4.98 Å². The Morgan fingerprint density at radius 2 is 2.06 bits per heavy atom. The van der Waals surface area contributed by atoms with Crippen LogP contribution in [0.25, 0.3) is 11.0 Å². The fourth-order valence-electron chi connectivity index (χ4n) is 2.93. The Hall–Kier alpha value is -1.35. The third kappa shape index (κ3) is 1.93. The number of benzene rings is 1. The second kappa shape index (κ2) is 4.39. The molecule has 0 atom stereocenters. The topological polar surface area (TPSA) is 54.7 Å². The highest BCUT2D eigenvalue weighted by atomic mass is 15.0. The van der Waals surface area contributed by atoms with Crippen molar-refractivity contribution >= 4 is 11.0 Å². The predicted molar refractivity (Wildman–Crippen MR) is 74.4 cm³/mol. The van der Waals surface area contributed by atoms with E-state index in [0.717, 1.165) is 36.1 Å². The molecule has 1 aromatic heterocycles. The lowest BCUT2D eigenvalue weighted by Crippen LogP contribution is -2.39. The van der Waals surface area contributed by atoms with E-state index in [2.05, 4.69) is 30.1 Å². The molecule has 0 unspecified atom stereocenters. The number of imidazole rings is 1. The van der Waals surface area contributed by atoms with Crippen LogP contribution in [-0.2, 0) is 12.0 Å². The fourth-order valence-corrected chi connectivity index (χ4v) is 2.93. The Bertz CT molecular complexity index is 550. The first-order valence-corrected chi connectivity index (χ1v) is 6.99. The average molecular weight is 243 g/mol. The molecule has 1 aromatic carbocycles. The summed E-state index contributed by atoms with van der Waals surface area (Å²) in [6.45, 7) is 2.17. The number of fused-ring (bicyclic) bond motifs is 1. The van der Waals surface area contributed by atoms with Crippen molar-refractivity contribution in [3.63, 3.8) is 0 Å². The Balaban J connectivity index is 2.02. The molecule has 3 rings (SSSR count). The van der Waals surface area contributed by atoms with E-state index in [4.69, 9.17) is 10.7 Å². The van der Waals surface area contributed by atoms with Gasteiger partial charge in [0.15, 0.2) is 0 Å². The number of aromatic nitrogens is 2. The standard InChI is InChI=1S/C15H21N3/c1-2-11-6-7-12-13(10-11)18-14(17-12)15(16)8-4-3-5-9-15/h6-7,10H,2-5,8-9,16H2,1H3,(H,17,18). The van der Waals surface area contributed by atoms with Crippen molar-refractivity contribution in [1.82, 2.24) is 9.97 Å². The number of nitrogens with one attached hydrogen (secondary N) is 1. The number of nitrogens with zero attached hydrogens (tertiary/aromatic N) is 1. The van der Waals surface area contributed by atoms with E-state index in [1.54, 1.807) is 0 Å². The fraction of sp³-hybridized carbons (Fsp3) is 0.533. The summed E-state index contributed by atoms with van der Waals surface area (Å²) in [7, 11) is 0. The number of nitrogens with two attached hydrogens (primary N) is 1. The molecule has 1 saturated carbocycles. The molecule has 0 saturated heterocycles. The number of aromatic amines is 1. The minimum absolute atomic E-state index is 0.232. The van der Waals surface area contributed by atoms with Crippen LogP contribution in [-0.4, -0.2) is 9.97 Å². The third-order valence-corrected chi connectivity index (χ3v) is 4.17. The molecule has 3 heteroatoms. The van der Waals surface area contributed by atoms with E-state index in [1.165, 1.54) is 24.8 Å². The lowest BCUT2D eigenvalue weighted by Gasteiger charge is -2.31. The van der Waals surface area contributed by atoms with Gasteiger partial charge in [-0.2, -0.15) is 0 Å². The molecule has 0 spiro atoms. The van der Waals surface area contributed by atoms with E-state index in [9.17, 15) is 0 Å². The van der Waals surface area contributed by atoms with Crippen LogP contribution in [0.1, 0.15) is 50.4 Å². The van der Waals surface area contributed by atoms with Crippen LogP contribution in [0.5, 0.6) is 0 Å². The molecule has 0 aliphatic heterocycles. The summed E-state index contributed by atoms with van der Waals surface area (Å²) in [5.74, 6) is 0.977. The van der Waals surface area contributed by atoms with Crippen molar-refractivity contribution < 1.29 is 0 Å². The molecule has 3 N–H and O–H groups in total. The quantitative estimate of drug-likeness (QED) is 0.850. The molecular formula is C15H21N3. The zero-order chi connectivity index (χ0) is 12.6. The molecule has 18 heavy (non-hydrogen) atoms. The summed E-state index contributed by atoms with van der Waals surface area (Å²) in [5.41, 5.74) is 9.79. The lowest BCUT2D eigenvalue weighted by atomic mass is 9.82. The summed E-state index contributed by atoms with van der Waals surface area (Å²) in [6, 6.07) is 6.44. The molecular weight excluding hydrogens is 222 g/mol. The van der Waals surface area contributed by atoms with Crippen molar-refractivity contribution in [2.24, 2.45) is 5.73 Å². The van der Waals surface area contributed by atoms with Gasteiger partial charge in [0.25, 0.3) is 0 Å². The van der Waals surface area contributed by atoms with E-state index >= 15 is 0 Å². The van der Waals surface area contributed by atoms with Crippen LogP contribution in [0.3, 0.4) is 0 Å². The summed E-state index contributed by atoms with van der Waals surface area (Å²) in [4.78, 5) is 8.15. The number of hydrogen-bond acceptors (Lipinski definition) is 2. The van der Waals surface area contributed by atoms with Crippen molar-refractivity contribution in [3.8, 4) is 0 Å². The Kier molecular flexibility index (Phi) is 2.86. The van der Waals surface area contributed by atoms with Gasteiger partial charge in [0.2, 0.25) is 0 Å². The maximum atomic E-state index is 6.52. The first kappa shape index (κ1) is 11.7. The van der Waals surface area contributed by atoms with Gasteiger partial charge >= 0.3 is 0 Å². The average Bonchev–Trinajstić information content (AvgIpc) is 2.83. The van der Waals surface area contributed by atoms with Crippen LogP contribution >= 0.6 is 0 Å². The summed E-state index contributed by atoms with van der Waals surface area (Å²) < 4.78 is 0. The molecule has 3 nitrogen and oxygen atoms in total. The van der Waals surface area contributed by atoms with Gasteiger partial charge in [-0.3, -0.25) is 0 Å². The van der Waals surface area contributed by atoms with Gasteiger partial charge < -0.3 is 10.7 Å². The maximum absolute atomic E-state index is 6.52. The number of aryl methyl sites for hydroxylation is 1. The van der Waals surface area contributed by atoms with Crippen LogP contribution < -0.4 is 5.73 Å². The minimum Gasteiger partial charge on any atom is -0.340 e. The van der Waals surface area contributed by atoms with Gasteiger partial charge in [-0.15, -0.1) is 0 Å². The molecule has 1 heterocycles. The second-order valence-corrected chi connectivity index (χ2v) is 5.51. The van der Waals surface area contributed by atoms with E-state index in [1.807, 2.05) is 0 Å². The van der Waals surface area contributed by atoms with Crippen molar-refractivity contribution in [3.05, 3.63) is 29.6 Å². The van der Waals surface area contributed by atoms with Crippen LogP contribution in [0.4, 0.5) is 0 Å². The van der Waals surface area contributed by atoms with E-state index in [0.29, 0.717) is 0 Å². The van der Waals surface area contributed by atoms with Gasteiger partial charge in [-0.05, 0) is 37.0 Å². The first-order valence-electron chi connectivity index (χ1n) is 6.99. The zero-order valence-corrected chi connectivity index (χ0v) is 11.0. The molecule has 1 fully saturated rings. The van der Waals surface area contributed by atoms with Crippen molar-refractivity contribution in [2.45, 2.75) is 51.0 Å². The van der Waals surface area contributed by atoms with Gasteiger partial charge in [0.05, 0.1) is 16.6 Å². The monoisotopic (exact) mass is 243 g/mol. The van der Waals surface area contributed by atoms with Crippen LogP contribution in [0.2, 0.25) is 0 Å². The number of rotatable bonds is 2. The van der Waals surface area contributed by atoms with Gasteiger partial charge in [-0.1, -0.05) is 32.3 Å². The largest absolute Gasteiger partial charge is 0.340 e. The Labute approximate surface area is 108 Å². The molecule has 0 radical (unpaired) electrons. The highest BCUT2D eigenvalue weighted by molar-refractivity contribution is 5.76. The normalized spacial score (nSPS) is 19.2. The highest BCUT2D eigenvalue weighted by Gasteiger charge is 2.32. The summed E-state index contributed by atoms with van der Waals surface area (Å²) in [6.07, 6.45) is 6.89. The Morgan fingerprint density at radius 3 is 2.78 bits per heavy atom. The zero-order valence-electron chi connectivity index (χ0n) is 11.0. The summed E-state index contributed by atoms with van der Waals surface area (Å²) >= 11 is 0. The SMILES string of the molecule is CCc1ccc2nc(C3(N)CCCCC3)[nH]c2c1. The van der Waals surface area contributed by atoms with Crippen molar-refractivity contribution in [1.29, 1.82) is 0 Å². The van der Waals surface area contributed by atoms with E-state index in [-0.39, 0.29) is 5.54 Å². The van der Waals surface area contributed by atoms with Gasteiger partial charge in [0.1, 0.15) is 5.82 Å².